The van der Waals surface area contributed by atoms with Crippen LogP contribution in [-0.4, -0.2) is 37.0 Å². The Bertz CT molecular complexity index is 408. The first-order chi connectivity index (χ1) is 8.86. The fourth-order valence-electron chi connectivity index (χ4n) is 2.79. The zero-order valence-corrected chi connectivity index (χ0v) is 10.6. The van der Waals surface area contributed by atoms with Gasteiger partial charge in [0.2, 0.25) is 5.91 Å². The minimum atomic E-state index is 0.101. The van der Waals surface area contributed by atoms with Crippen molar-refractivity contribution < 1.29 is 4.79 Å². The zero-order chi connectivity index (χ0) is 12.4. The third-order valence-electron chi connectivity index (χ3n) is 3.95. The van der Waals surface area contributed by atoms with Crippen LogP contribution in [0, 0.1) is 5.92 Å². The first-order valence-electron chi connectivity index (χ1n) is 6.91. The molecule has 1 saturated carbocycles. The molecule has 1 N–H and O–H groups in total. The lowest BCUT2D eigenvalue weighted by atomic mass is 9.92. The molecule has 3 nitrogen and oxygen atoms in total. The molecule has 1 atom stereocenters. The Morgan fingerprint density at radius 3 is 2.44 bits per heavy atom. The monoisotopic (exact) mass is 244 g/mol. The maximum Gasteiger partial charge on any atom is 0.230 e. The third-order valence-corrected chi connectivity index (χ3v) is 3.95. The number of nitrogens with one attached hydrogen (secondary N) is 1. The molecule has 18 heavy (non-hydrogen) atoms. The van der Waals surface area contributed by atoms with Gasteiger partial charge in [-0.2, -0.15) is 0 Å². The lowest BCUT2D eigenvalue weighted by molar-refractivity contribution is -0.133. The summed E-state index contributed by atoms with van der Waals surface area (Å²) in [5.41, 5.74) is 1.20. The van der Waals surface area contributed by atoms with E-state index in [2.05, 4.69) is 17.4 Å². The summed E-state index contributed by atoms with van der Waals surface area (Å²) in [6.45, 7) is 3.57. The van der Waals surface area contributed by atoms with Gasteiger partial charge in [-0.05, 0) is 24.3 Å². The summed E-state index contributed by atoms with van der Waals surface area (Å²) in [6.07, 6.45) is 2.41. The lowest BCUT2D eigenvalue weighted by Crippen LogP contribution is -2.48. The van der Waals surface area contributed by atoms with Crippen LogP contribution in [-0.2, 0) is 4.79 Å². The average molecular weight is 244 g/mol. The van der Waals surface area contributed by atoms with Crippen LogP contribution in [0.3, 0.4) is 0 Å². The van der Waals surface area contributed by atoms with E-state index >= 15 is 0 Å². The second-order valence-corrected chi connectivity index (χ2v) is 5.30. The van der Waals surface area contributed by atoms with Crippen LogP contribution in [0.25, 0.3) is 0 Å². The van der Waals surface area contributed by atoms with Gasteiger partial charge in [0.05, 0.1) is 5.92 Å². The van der Waals surface area contributed by atoms with E-state index in [1.54, 1.807) is 0 Å². The largest absolute Gasteiger partial charge is 0.340 e. The number of hydrogen-bond acceptors (Lipinski definition) is 2. The van der Waals surface area contributed by atoms with Gasteiger partial charge in [-0.15, -0.1) is 0 Å². The van der Waals surface area contributed by atoms with Crippen LogP contribution >= 0.6 is 0 Å². The van der Waals surface area contributed by atoms with E-state index in [-0.39, 0.29) is 5.92 Å². The Labute approximate surface area is 108 Å². The van der Waals surface area contributed by atoms with Gasteiger partial charge in [0.25, 0.3) is 0 Å². The van der Waals surface area contributed by atoms with Crippen molar-refractivity contribution in [2.24, 2.45) is 5.92 Å². The van der Waals surface area contributed by atoms with Crippen molar-refractivity contribution in [2.75, 3.05) is 26.2 Å². The Morgan fingerprint density at radius 2 is 1.83 bits per heavy atom. The molecule has 0 bridgehead atoms. The molecule has 2 aliphatic rings. The molecule has 1 aromatic rings. The summed E-state index contributed by atoms with van der Waals surface area (Å²) >= 11 is 0. The predicted octanol–water partition coefficient (Wildman–Crippen LogP) is 1.61. The first-order valence-corrected chi connectivity index (χ1v) is 6.91. The molecule has 0 radical (unpaired) electrons. The molecule has 1 aliphatic carbocycles. The number of carbonyl (C=O) groups excluding carboxylic acids is 1. The fourth-order valence-corrected chi connectivity index (χ4v) is 2.79. The zero-order valence-electron chi connectivity index (χ0n) is 10.6. The quantitative estimate of drug-likeness (QED) is 0.876. The van der Waals surface area contributed by atoms with E-state index in [1.165, 1.54) is 18.4 Å². The van der Waals surface area contributed by atoms with Gasteiger partial charge < -0.3 is 10.2 Å². The smallest absolute Gasteiger partial charge is 0.230 e. The van der Waals surface area contributed by atoms with Gasteiger partial charge in [-0.25, -0.2) is 0 Å². The molecule has 1 heterocycles. The predicted molar refractivity (Wildman–Crippen MR) is 71.4 cm³/mol. The number of hydrogen-bond donors (Lipinski definition) is 1. The number of amides is 1. The molecule has 1 saturated heterocycles. The second kappa shape index (κ2) is 5.11. The van der Waals surface area contributed by atoms with Crippen molar-refractivity contribution in [3.05, 3.63) is 35.9 Å². The van der Waals surface area contributed by atoms with Gasteiger partial charge in [0.1, 0.15) is 0 Å². The van der Waals surface area contributed by atoms with Gasteiger partial charge in [-0.3, -0.25) is 4.79 Å². The van der Waals surface area contributed by atoms with Crippen LogP contribution in [0.4, 0.5) is 0 Å². The SMILES string of the molecule is O=C(C(c1ccccc1)C1CC1)N1CCNCC1. The summed E-state index contributed by atoms with van der Waals surface area (Å²) in [6, 6.07) is 10.3. The normalized spacial score (nSPS) is 21.7. The minimum Gasteiger partial charge on any atom is -0.340 e. The van der Waals surface area contributed by atoms with Crippen LogP contribution in [0.15, 0.2) is 30.3 Å². The fraction of sp³-hybridized carbons (Fsp3) is 0.533. The van der Waals surface area contributed by atoms with Crippen LogP contribution in [0.2, 0.25) is 0 Å². The highest BCUT2D eigenvalue weighted by molar-refractivity contribution is 5.84. The van der Waals surface area contributed by atoms with E-state index in [0.717, 1.165) is 26.2 Å². The summed E-state index contributed by atoms with van der Waals surface area (Å²) in [7, 11) is 0. The summed E-state index contributed by atoms with van der Waals surface area (Å²) in [5.74, 6) is 1.02. The number of benzene rings is 1. The molecule has 3 rings (SSSR count). The Hall–Kier alpha value is -1.35. The maximum atomic E-state index is 12.7. The number of piperazine rings is 1. The third kappa shape index (κ3) is 2.41. The molecule has 1 aromatic carbocycles. The van der Waals surface area contributed by atoms with E-state index in [0.29, 0.717) is 11.8 Å². The summed E-state index contributed by atoms with van der Waals surface area (Å²) < 4.78 is 0. The number of nitrogens with zero attached hydrogens (tertiary/aromatic N) is 1. The molecular formula is C15H20N2O. The van der Waals surface area contributed by atoms with E-state index in [4.69, 9.17) is 0 Å². The number of rotatable bonds is 3. The standard InChI is InChI=1S/C15H20N2O/c18-15(17-10-8-16-9-11-17)14(13-6-7-13)12-4-2-1-3-5-12/h1-5,13-14,16H,6-11H2. The Kier molecular flexibility index (Phi) is 3.33. The lowest BCUT2D eigenvalue weighted by Gasteiger charge is -2.31. The topological polar surface area (TPSA) is 32.3 Å². The molecule has 1 unspecified atom stereocenters. The van der Waals surface area contributed by atoms with Gasteiger partial charge in [0.15, 0.2) is 0 Å². The van der Waals surface area contributed by atoms with E-state index in [9.17, 15) is 4.79 Å². The van der Waals surface area contributed by atoms with E-state index in [1.807, 2.05) is 23.1 Å². The van der Waals surface area contributed by atoms with Crippen LogP contribution < -0.4 is 5.32 Å². The number of carbonyl (C=O) groups is 1. The van der Waals surface area contributed by atoms with Crippen molar-refractivity contribution in [2.45, 2.75) is 18.8 Å². The molecule has 96 valence electrons. The van der Waals surface area contributed by atoms with Crippen LogP contribution in [0.5, 0.6) is 0 Å². The van der Waals surface area contributed by atoms with Crippen molar-refractivity contribution in [1.82, 2.24) is 10.2 Å². The van der Waals surface area contributed by atoms with Gasteiger partial charge in [0, 0.05) is 26.2 Å². The molecule has 3 heteroatoms. The molecular weight excluding hydrogens is 224 g/mol. The second-order valence-electron chi connectivity index (χ2n) is 5.30. The molecule has 2 fully saturated rings. The van der Waals surface area contributed by atoms with Gasteiger partial charge in [-0.1, -0.05) is 30.3 Å². The highest BCUT2D eigenvalue weighted by atomic mass is 16.2. The molecule has 0 aromatic heterocycles. The summed E-state index contributed by atoms with van der Waals surface area (Å²) in [5, 5.41) is 3.30. The molecule has 1 amide bonds. The highest BCUT2D eigenvalue weighted by Gasteiger charge is 2.39. The van der Waals surface area contributed by atoms with Crippen molar-refractivity contribution >= 4 is 5.91 Å². The van der Waals surface area contributed by atoms with Crippen molar-refractivity contribution in [1.29, 1.82) is 0 Å². The Balaban J connectivity index is 1.79. The van der Waals surface area contributed by atoms with E-state index < -0.39 is 0 Å². The highest BCUT2D eigenvalue weighted by Crippen LogP contribution is 2.43. The van der Waals surface area contributed by atoms with Crippen molar-refractivity contribution in [3.8, 4) is 0 Å². The summed E-state index contributed by atoms with van der Waals surface area (Å²) in [4.78, 5) is 14.7. The van der Waals surface area contributed by atoms with Crippen molar-refractivity contribution in [3.63, 3.8) is 0 Å². The molecule has 0 spiro atoms. The van der Waals surface area contributed by atoms with Gasteiger partial charge >= 0.3 is 0 Å². The Morgan fingerprint density at radius 1 is 1.17 bits per heavy atom. The minimum absolute atomic E-state index is 0.101. The average Bonchev–Trinajstić information content (AvgIpc) is 3.26. The maximum absolute atomic E-state index is 12.7. The first kappa shape index (κ1) is 11.7. The van der Waals surface area contributed by atoms with Crippen LogP contribution in [0.1, 0.15) is 24.3 Å². The molecule has 1 aliphatic heterocycles.